The fourth-order valence-corrected chi connectivity index (χ4v) is 6.27. The standard InChI is InChI=1S/C23H31N3O3S/c1-29-22-7-9-23(10-8-22)30(27,28)26-13-11-21(12-14-26)25-17-15-24(16-18-25)19-20-5-3-2-4-6-20/h2-10,21H,11-19H2,1H3/p+2. The predicted molar refractivity (Wildman–Crippen MR) is 116 cm³/mol. The number of methoxy groups -OCH3 is 1. The number of rotatable bonds is 6. The Balaban J connectivity index is 1.27. The molecule has 6 nitrogen and oxygen atoms in total. The number of piperazine rings is 1. The van der Waals surface area contributed by atoms with Crippen LogP contribution in [-0.4, -0.2) is 65.1 Å². The summed E-state index contributed by atoms with van der Waals surface area (Å²) in [5.41, 5.74) is 1.41. The molecule has 30 heavy (non-hydrogen) atoms. The highest BCUT2D eigenvalue weighted by molar-refractivity contribution is 7.89. The fourth-order valence-electron chi connectivity index (χ4n) is 4.80. The molecule has 7 heteroatoms. The lowest BCUT2D eigenvalue weighted by molar-refractivity contribution is -1.03. The van der Waals surface area contributed by atoms with Crippen molar-refractivity contribution in [1.29, 1.82) is 0 Å². The number of piperidine rings is 1. The fraction of sp³-hybridized carbons (Fsp3) is 0.478. The summed E-state index contributed by atoms with van der Waals surface area (Å²) < 4.78 is 32.7. The highest BCUT2D eigenvalue weighted by Gasteiger charge is 2.35. The highest BCUT2D eigenvalue weighted by Crippen LogP contribution is 2.22. The lowest BCUT2D eigenvalue weighted by Gasteiger charge is -2.38. The summed E-state index contributed by atoms with van der Waals surface area (Å²) in [6.45, 7) is 7.07. The van der Waals surface area contributed by atoms with E-state index in [0.29, 0.717) is 29.8 Å². The molecule has 2 saturated heterocycles. The molecule has 2 aliphatic rings. The van der Waals surface area contributed by atoms with Crippen molar-refractivity contribution in [2.45, 2.75) is 30.3 Å². The quantitative estimate of drug-likeness (QED) is 0.668. The van der Waals surface area contributed by atoms with Gasteiger partial charge in [0.25, 0.3) is 0 Å². The van der Waals surface area contributed by atoms with Crippen molar-refractivity contribution in [3.8, 4) is 5.75 Å². The topological polar surface area (TPSA) is 55.5 Å². The number of sulfonamides is 1. The Bertz CT molecular complexity index is 902. The average molecular weight is 432 g/mol. The van der Waals surface area contributed by atoms with Gasteiger partial charge in [-0.05, 0) is 24.3 Å². The molecule has 2 aromatic carbocycles. The summed E-state index contributed by atoms with van der Waals surface area (Å²) in [4.78, 5) is 3.67. The van der Waals surface area contributed by atoms with Gasteiger partial charge in [-0.2, -0.15) is 4.31 Å². The number of quaternary nitrogens is 2. The van der Waals surface area contributed by atoms with Crippen LogP contribution < -0.4 is 14.5 Å². The van der Waals surface area contributed by atoms with Crippen LogP contribution in [0.4, 0.5) is 0 Å². The number of hydrogen-bond acceptors (Lipinski definition) is 3. The molecule has 0 saturated carbocycles. The van der Waals surface area contributed by atoms with E-state index in [0.717, 1.165) is 19.4 Å². The molecule has 0 radical (unpaired) electrons. The second-order valence-electron chi connectivity index (χ2n) is 8.42. The van der Waals surface area contributed by atoms with Gasteiger partial charge in [-0.1, -0.05) is 30.3 Å². The number of nitrogens with zero attached hydrogens (tertiary/aromatic N) is 1. The summed E-state index contributed by atoms with van der Waals surface area (Å²) in [6, 6.07) is 18.0. The van der Waals surface area contributed by atoms with Crippen molar-refractivity contribution in [1.82, 2.24) is 4.31 Å². The maximum absolute atomic E-state index is 13.0. The van der Waals surface area contributed by atoms with Crippen molar-refractivity contribution >= 4 is 10.0 Å². The van der Waals surface area contributed by atoms with E-state index in [1.54, 1.807) is 45.5 Å². The first-order valence-corrected chi connectivity index (χ1v) is 12.4. The van der Waals surface area contributed by atoms with Crippen LogP contribution in [0.5, 0.6) is 5.75 Å². The molecule has 0 unspecified atom stereocenters. The molecule has 2 aromatic rings. The Kier molecular flexibility index (Phi) is 6.73. The maximum atomic E-state index is 13.0. The third kappa shape index (κ3) is 4.86. The normalized spacial score (nSPS) is 23.9. The molecule has 2 N–H and O–H groups in total. The zero-order valence-corrected chi connectivity index (χ0v) is 18.5. The van der Waals surface area contributed by atoms with Gasteiger partial charge in [0.05, 0.1) is 18.0 Å². The molecule has 2 fully saturated rings. The second kappa shape index (κ2) is 9.47. The third-order valence-corrected chi connectivity index (χ3v) is 8.54. The summed E-state index contributed by atoms with van der Waals surface area (Å²) in [6.07, 6.45) is 1.89. The molecule has 0 spiro atoms. The first-order chi connectivity index (χ1) is 14.6. The van der Waals surface area contributed by atoms with Gasteiger partial charge < -0.3 is 14.5 Å². The minimum Gasteiger partial charge on any atom is -0.497 e. The van der Waals surface area contributed by atoms with Crippen molar-refractivity contribution in [2.75, 3.05) is 46.4 Å². The minimum absolute atomic E-state index is 0.354. The minimum atomic E-state index is -3.42. The molecule has 0 aliphatic carbocycles. The van der Waals surface area contributed by atoms with E-state index in [2.05, 4.69) is 30.3 Å². The molecule has 0 bridgehead atoms. The van der Waals surface area contributed by atoms with E-state index < -0.39 is 10.0 Å². The Morgan fingerprint density at radius 1 is 0.933 bits per heavy atom. The van der Waals surface area contributed by atoms with Crippen molar-refractivity contribution in [2.24, 2.45) is 0 Å². The van der Waals surface area contributed by atoms with E-state index in [9.17, 15) is 8.42 Å². The Labute approximate surface area is 180 Å². The van der Waals surface area contributed by atoms with Crippen molar-refractivity contribution in [3.63, 3.8) is 0 Å². The van der Waals surface area contributed by atoms with Crippen LogP contribution in [0.25, 0.3) is 0 Å². The largest absolute Gasteiger partial charge is 0.497 e. The van der Waals surface area contributed by atoms with Crippen LogP contribution in [-0.2, 0) is 16.6 Å². The van der Waals surface area contributed by atoms with Gasteiger partial charge in [0.1, 0.15) is 38.5 Å². The van der Waals surface area contributed by atoms with Crippen LogP contribution in [0.3, 0.4) is 0 Å². The van der Waals surface area contributed by atoms with Gasteiger partial charge in [0.15, 0.2) is 0 Å². The van der Waals surface area contributed by atoms with Crippen molar-refractivity contribution in [3.05, 3.63) is 60.2 Å². The summed E-state index contributed by atoms with van der Waals surface area (Å²) in [7, 11) is -1.84. The Morgan fingerprint density at radius 3 is 2.17 bits per heavy atom. The van der Waals surface area contributed by atoms with E-state index in [1.165, 1.54) is 31.7 Å². The molecule has 162 valence electrons. The zero-order valence-electron chi connectivity index (χ0n) is 17.7. The lowest BCUT2D eigenvalue weighted by Crippen LogP contribution is -3.29. The smallest absolute Gasteiger partial charge is 0.243 e. The number of nitrogens with one attached hydrogen (secondary N) is 2. The van der Waals surface area contributed by atoms with Gasteiger partial charge in [-0.25, -0.2) is 8.42 Å². The predicted octanol–water partition coefficient (Wildman–Crippen LogP) is -0.168. The van der Waals surface area contributed by atoms with Gasteiger partial charge in [-0.3, -0.25) is 0 Å². The first kappa shape index (κ1) is 21.3. The second-order valence-corrected chi connectivity index (χ2v) is 10.4. The first-order valence-electron chi connectivity index (χ1n) is 10.9. The average Bonchev–Trinajstić information content (AvgIpc) is 2.80. The van der Waals surface area contributed by atoms with Crippen LogP contribution >= 0.6 is 0 Å². The third-order valence-electron chi connectivity index (χ3n) is 6.62. The van der Waals surface area contributed by atoms with Gasteiger partial charge in [0.2, 0.25) is 10.0 Å². The van der Waals surface area contributed by atoms with E-state index in [-0.39, 0.29) is 0 Å². The number of hydrogen-bond donors (Lipinski definition) is 2. The van der Waals surface area contributed by atoms with Gasteiger partial charge in [-0.15, -0.1) is 0 Å². The maximum Gasteiger partial charge on any atom is 0.243 e. The molecule has 4 rings (SSSR count). The lowest BCUT2D eigenvalue weighted by atomic mass is 10.0. The summed E-state index contributed by atoms with van der Waals surface area (Å²) in [5.74, 6) is 0.671. The Hall–Kier alpha value is -1.93. The zero-order chi connectivity index (χ0) is 21.0. The van der Waals surface area contributed by atoms with E-state index in [4.69, 9.17) is 4.74 Å². The molecular weight excluding hydrogens is 398 g/mol. The molecule has 0 amide bonds. The molecule has 2 aliphatic heterocycles. The van der Waals surface area contributed by atoms with E-state index in [1.807, 2.05) is 0 Å². The summed E-state index contributed by atoms with van der Waals surface area (Å²) >= 11 is 0. The Morgan fingerprint density at radius 2 is 1.57 bits per heavy atom. The van der Waals surface area contributed by atoms with Gasteiger partial charge >= 0.3 is 0 Å². The number of ether oxygens (including phenoxy) is 1. The molecule has 0 atom stereocenters. The highest BCUT2D eigenvalue weighted by atomic mass is 32.2. The molecule has 0 aromatic heterocycles. The van der Waals surface area contributed by atoms with Crippen molar-refractivity contribution < 1.29 is 23.0 Å². The summed E-state index contributed by atoms with van der Waals surface area (Å²) in [5, 5.41) is 0. The van der Waals surface area contributed by atoms with Crippen LogP contribution in [0, 0.1) is 0 Å². The van der Waals surface area contributed by atoms with Crippen LogP contribution in [0.15, 0.2) is 59.5 Å². The number of benzene rings is 2. The SMILES string of the molecule is COc1ccc(S(=O)(=O)N2CCC([NH+]3CC[NH+](Cc4ccccc4)CC3)CC2)cc1. The monoisotopic (exact) mass is 431 g/mol. The van der Waals surface area contributed by atoms with Crippen LogP contribution in [0.1, 0.15) is 18.4 Å². The van der Waals surface area contributed by atoms with Gasteiger partial charge in [0, 0.05) is 31.5 Å². The van der Waals surface area contributed by atoms with Crippen LogP contribution in [0.2, 0.25) is 0 Å². The van der Waals surface area contributed by atoms with E-state index >= 15 is 0 Å². The molecular formula is C23H33N3O3S+2. The molecule has 2 heterocycles.